The molecule has 1 saturated heterocycles. The minimum atomic E-state index is -0.801. The third-order valence-corrected chi connectivity index (χ3v) is 3.22. The van der Waals surface area contributed by atoms with E-state index in [1.165, 1.54) is 0 Å². The maximum Gasteiger partial charge on any atom is 0.318 e. The van der Waals surface area contributed by atoms with Crippen LogP contribution in [-0.2, 0) is 4.79 Å². The van der Waals surface area contributed by atoms with Gasteiger partial charge in [-0.1, -0.05) is 0 Å². The van der Waals surface area contributed by atoms with Gasteiger partial charge in [-0.15, -0.1) is 0 Å². The highest BCUT2D eigenvalue weighted by atomic mass is 32.2. The lowest BCUT2D eigenvalue weighted by Crippen LogP contribution is -2.49. The number of amides is 3. The van der Waals surface area contributed by atoms with E-state index in [1.54, 1.807) is 6.92 Å². The van der Waals surface area contributed by atoms with Gasteiger partial charge in [-0.25, -0.2) is 4.79 Å². The van der Waals surface area contributed by atoms with Crippen molar-refractivity contribution in [2.75, 3.05) is 11.5 Å². The van der Waals surface area contributed by atoms with Crippen LogP contribution in [0.25, 0.3) is 0 Å². The third kappa shape index (κ3) is 3.55. The zero-order valence-corrected chi connectivity index (χ0v) is 8.89. The normalized spacial score (nSPS) is 23.1. The summed E-state index contributed by atoms with van der Waals surface area (Å²) in [6, 6.07) is -0.802. The third-order valence-electron chi connectivity index (χ3n) is 2.06. The Morgan fingerprint density at radius 1 is 1.57 bits per heavy atom. The topological polar surface area (TPSA) is 84.2 Å². The number of primary amides is 1. The molecule has 3 amide bonds. The van der Waals surface area contributed by atoms with Gasteiger partial charge in [0.05, 0.1) is 6.04 Å². The Morgan fingerprint density at radius 2 is 2.29 bits per heavy atom. The summed E-state index contributed by atoms with van der Waals surface area (Å²) >= 11 is 1.86. The molecule has 0 radical (unpaired) electrons. The molecule has 80 valence electrons. The molecule has 2 unspecified atom stereocenters. The van der Waals surface area contributed by atoms with E-state index in [0.717, 1.165) is 17.9 Å². The van der Waals surface area contributed by atoms with Crippen molar-refractivity contribution in [3.63, 3.8) is 0 Å². The molecule has 1 rings (SSSR count). The van der Waals surface area contributed by atoms with Gasteiger partial charge in [0.2, 0.25) is 5.91 Å². The largest absolute Gasteiger partial charge is 0.351 e. The van der Waals surface area contributed by atoms with E-state index in [2.05, 4.69) is 5.32 Å². The molecule has 0 saturated carbocycles. The van der Waals surface area contributed by atoms with Crippen LogP contribution in [0.1, 0.15) is 13.3 Å². The molecule has 5 nitrogen and oxygen atoms in total. The molecule has 1 aliphatic heterocycles. The molecule has 0 spiro atoms. The number of urea groups is 1. The van der Waals surface area contributed by atoms with Crippen LogP contribution < -0.4 is 16.4 Å². The highest BCUT2D eigenvalue weighted by Gasteiger charge is 2.21. The Morgan fingerprint density at radius 3 is 2.79 bits per heavy atom. The van der Waals surface area contributed by atoms with Gasteiger partial charge in [0.1, 0.15) is 0 Å². The molecule has 6 heteroatoms. The molecule has 14 heavy (non-hydrogen) atoms. The van der Waals surface area contributed by atoms with Crippen LogP contribution in [0, 0.1) is 0 Å². The van der Waals surface area contributed by atoms with Crippen molar-refractivity contribution >= 4 is 23.7 Å². The first kappa shape index (κ1) is 11.3. The van der Waals surface area contributed by atoms with Crippen molar-refractivity contribution < 1.29 is 9.59 Å². The smallest absolute Gasteiger partial charge is 0.318 e. The van der Waals surface area contributed by atoms with E-state index in [0.29, 0.717) is 6.04 Å². The van der Waals surface area contributed by atoms with E-state index >= 15 is 0 Å². The van der Waals surface area contributed by atoms with Gasteiger partial charge in [-0.2, -0.15) is 11.8 Å². The van der Waals surface area contributed by atoms with Crippen molar-refractivity contribution in [3.05, 3.63) is 0 Å². The van der Waals surface area contributed by atoms with Gasteiger partial charge in [-0.3, -0.25) is 10.1 Å². The lowest BCUT2D eigenvalue weighted by atomic mass is 10.2. The Bertz CT molecular complexity index is 229. The molecule has 4 N–H and O–H groups in total. The highest BCUT2D eigenvalue weighted by molar-refractivity contribution is 7.99. The highest BCUT2D eigenvalue weighted by Crippen LogP contribution is 2.17. The van der Waals surface area contributed by atoms with Gasteiger partial charge < -0.3 is 11.1 Å². The molecule has 2 atom stereocenters. The van der Waals surface area contributed by atoms with Crippen molar-refractivity contribution in [2.24, 2.45) is 5.73 Å². The zero-order chi connectivity index (χ0) is 10.6. The van der Waals surface area contributed by atoms with Crippen LogP contribution in [-0.4, -0.2) is 35.5 Å². The summed E-state index contributed by atoms with van der Waals surface area (Å²) in [5, 5.41) is 5.19. The van der Waals surface area contributed by atoms with Gasteiger partial charge in [0, 0.05) is 11.8 Å². The van der Waals surface area contributed by atoms with Crippen LogP contribution in [0.15, 0.2) is 0 Å². The van der Waals surface area contributed by atoms with Crippen LogP contribution in [0.5, 0.6) is 0 Å². The average Bonchev–Trinajstić information content (AvgIpc) is 2.55. The summed E-state index contributed by atoms with van der Waals surface area (Å²) in [6.45, 7) is 1.72. The second kappa shape index (κ2) is 5.21. The predicted octanol–water partition coefficient (Wildman–Crippen LogP) is -0.335. The van der Waals surface area contributed by atoms with Gasteiger partial charge >= 0.3 is 6.03 Å². The van der Waals surface area contributed by atoms with Crippen LogP contribution >= 0.6 is 11.8 Å². The van der Waals surface area contributed by atoms with E-state index in [1.807, 2.05) is 17.1 Å². The Labute approximate surface area is 87.2 Å². The molecule has 0 aromatic heterocycles. The second-order valence-corrected chi connectivity index (χ2v) is 4.45. The summed E-state index contributed by atoms with van der Waals surface area (Å²) in [7, 11) is 0. The number of imide groups is 1. The first-order chi connectivity index (χ1) is 6.59. The molecular formula is C8H15N3O2S. The summed E-state index contributed by atoms with van der Waals surface area (Å²) in [4.78, 5) is 21.7. The first-order valence-corrected chi connectivity index (χ1v) is 5.69. The first-order valence-electron chi connectivity index (χ1n) is 4.53. The fraction of sp³-hybridized carbons (Fsp3) is 0.750. The minimum Gasteiger partial charge on any atom is -0.351 e. The summed E-state index contributed by atoms with van der Waals surface area (Å²) < 4.78 is 0. The average molecular weight is 217 g/mol. The molecule has 0 aromatic carbocycles. The van der Waals surface area contributed by atoms with Crippen molar-refractivity contribution in [2.45, 2.75) is 25.4 Å². The summed E-state index contributed by atoms with van der Waals surface area (Å²) in [6.07, 6.45) is 1.07. The molecule has 1 heterocycles. The van der Waals surface area contributed by atoms with Crippen LogP contribution in [0.3, 0.4) is 0 Å². The van der Waals surface area contributed by atoms with Gasteiger partial charge in [0.15, 0.2) is 0 Å². The van der Waals surface area contributed by atoms with E-state index in [-0.39, 0.29) is 11.9 Å². The standard InChI is InChI=1S/C8H15N3O2S/c1-5(7(12)11-8(9)13)10-6-2-3-14-4-6/h5-6,10H,2-4H2,1H3,(H3,9,11,12,13). The number of carbonyl (C=O) groups is 2. The van der Waals surface area contributed by atoms with E-state index < -0.39 is 6.03 Å². The number of nitrogens with one attached hydrogen (secondary N) is 2. The molecule has 1 aliphatic rings. The predicted molar refractivity (Wildman–Crippen MR) is 56.1 cm³/mol. The molecular weight excluding hydrogens is 202 g/mol. The maximum absolute atomic E-state index is 11.3. The lowest BCUT2D eigenvalue weighted by Gasteiger charge is -2.17. The molecule has 1 fully saturated rings. The summed E-state index contributed by atoms with van der Waals surface area (Å²) in [5.74, 6) is 1.78. The van der Waals surface area contributed by atoms with Gasteiger partial charge in [-0.05, 0) is 19.1 Å². The Balaban J connectivity index is 2.29. The van der Waals surface area contributed by atoms with Crippen molar-refractivity contribution in [3.8, 4) is 0 Å². The maximum atomic E-state index is 11.3. The molecule has 0 aliphatic carbocycles. The van der Waals surface area contributed by atoms with Crippen LogP contribution in [0.2, 0.25) is 0 Å². The quantitative estimate of drug-likeness (QED) is 0.604. The lowest BCUT2D eigenvalue weighted by molar-refractivity contribution is -0.121. The summed E-state index contributed by atoms with van der Waals surface area (Å²) in [5.41, 5.74) is 4.84. The minimum absolute atomic E-state index is 0.366. The molecule has 0 aromatic rings. The fourth-order valence-electron chi connectivity index (χ4n) is 1.32. The Kier molecular flexibility index (Phi) is 4.21. The Hall–Kier alpha value is -0.750. The van der Waals surface area contributed by atoms with Gasteiger partial charge in [0.25, 0.3) is 0 Å². The second-order valence-electron chi connectivity index (χ2n) is 3.30. The zero-order valence-electron chi connectivity index (χ0n) is 8.08. The number of rotatable bonds is 3. The number of nitrogens with two attached hydrogens (primary N) is 1. The van der Waals surface area contributed by atoms with E-state index in [9.17, 15) is 9.59 Å². The monoisotopic (exact) mass is 217 g/mol. The molecule has 0 bridgehead atoms. The van der Waals surface area contributed by atoms with Crippen LogP contribution in [0.4, 0.5) is 4.79 Å². The van der Waals surface area contributed by atoms with Crippen molar-refractivity contribution in [1.29, 1.82) is 0 Å². The number of thioether (sulfide) groups is 1. The number of hydrogen-bond donors (Lipinski definition) is 3. The SMILES string of the molecule is CC(NC1CCSC1)C(=O)NC(N)=O. The van der Waals surface area contributed by atoms with E-state index in [4.69, 9.17) is 5.73 Å². The number of hydrogen-bond acceptors (Lipinski definition) is 4. The fourth-order valence-corrected chi connectivity index (χ4v) is 2.49. The van der Waals surface area contributed by atoms with Crippen molar-refractivity contribution in [1.82, 2.24) is 10.6 Å². The number of carbonyl (C=O) groups excluding carboxylic acids is 2.